The standard InChI is InChI=1S/C16H24N2O3S/c1-3-10-17(2)16(19)14-8-7-9-15(13-14)22(20,21)18-11-5-4-6-12-18/h7-9,13H,3-6,10-12H2,1-2H3. The quantitative estimate of drug-likeness (QED) is 0.835. The molecule has 2 rings (SSSR count). The molecule has 0 atom stereocenters. The van der Waals surface area contributed by atoms with E-state index in [1.165, 1.54) is 10.4 Å². The van der Waals surface area contributed by atoms with Crippen LogP contribution in [0, 0.1) is 0 Å². The highest BCUT2D eigenvalue weighted by atomic mass is 32.2. The Morgan fingerprint density at radius 3 is 2.55 bits per heavy atom. The molecule has 5 nitrogen and oxygen atoms in total. The minimum absolute atomic E-state index is 0.141. The molecular weight excluding hydrogens is 300 g/mol. The van der Waals surface area contributed by atoms with Crippen molar-refractivity contribution in [2.75, 3.05) is 26.7 Å². The third kappa shape index (κ3) is 3.67. The highest BCUT2D eigenvalue weighted by molar-refractivity contribution is 7.89. The lowest BCUT2D eigenvalue weighted by molar-refractivity contribution is 0.0795. The summed E-state index contributed by atoms with van der Waals surface area (Å²) in [6, 6.07) is 6.38. The Labute approximate surface area is 133 Å². The molecule has 1 fully saturated rings. The van der Waals surface area contributed by atoms with Gasteiger partial charge in [0.25, 0.3) is 5.91 Å². The molecule has 1 aliphatic rings. The molecule has 0 spiro atoms. The van der Waals surface area contributed by atoms with Crippen molar-refractivity contribution in [1.82, 2.24) is 9.21 Å². The molecule has 1 saturated heterocycles. The summed E-state index contributed by atoms with van der Waals surface area (Å²) in [6.07, 6.45) is 3.74. The van der Waals surface area contributed by atoms with Crippen molar-refractivity contribution >= 4 is 15.9 Å². The van der Waals surface area contributed by atoms with Crippen molar-refractivity contribution in [3.8, 4) is 0 Å². The maximum atomic E-state index is 12.7. The van der Waals surface area contributed by atoms with Crippen molar-refractivity contribution in [1.29, 1.82) is 0 Å². The van der Waals surface area contributed by atoms with Gasteiger partial charge in [0.05, 0.1) is 4.90 Å². The van der Waals surface area contributed by atoms with E-state index in [0.717, 1.165) is 25.7 Å². The zero-order valence-electron chi connectivity index (χ0n) is 13.3. The molecule has 0 bridgehead atoms. The van der Waals surface area contributed by atoms with Gasteiger partial charge in [0.15, 0.2) is 0 Å². The number of carbonyl (C=O) groups is 1. The SMILES string of the molecule is CCCN(C)C(=O)c1cccc(S(=O)(=O)N2CCCCC2)c1. The summed E-state index contributed by atoms with van der Waals surface area (Å²) in [5.74, 6) is -0.141. The summed E-state index contributed by atoms with van der Waals surface area (Å²) in [4.78, 5) is 14.1. The maximum absolute atomic E-state index is 12.7. The van der Waals surface area contributed by atoms with Gasteiger partial charge >= 0.3 is 0 Å². The smallest absolute Gasteiger partial charge is 0.253 e. The van der Waals surface area contributed by atoms with Gasteiger partial charge in [-0.3, -0.25) is 4.79 Å². The number of hydrogen-bond donors (Lipinski definition) is 0. The van der Waals surface area contributed by atoms with E-state index in [1.54, 1.807) is 30.1 Å². The number of rotatable bonds is 5. The average Bonchev–Trinajstić information content (AvgIpc) is 2.55. The Balaban J connectivity index is 2.25. The zero-order valence-corrected chi connectivity index (χ0v) is 14.1. The Morgan fingerprint density at radius 2 is 1.91 bits per heavy atom. The Kier molecular flexibility index (Phi) is 5.58. The minimum Gasteiger partial charge on any atom is -0.342 e. The van der Waals surface area contributed by atoms with Crippen molar-refractivity contribution in [2.45, 2.75) is 37.5 Å². The fourth-order valence-corrected chi connectivity index (χ4v) is 4.26. The molecule has 1 aromatic carbocycles. The lowest BCUT2D eigenvalue weighted by Crippen LogP contribution is -2.35. The fraction of sp³-hybridized carbons (Fsp3) is 0.562. The lowest BCUT2D eigenvalue weighted by Gasteiger charge is -2.26. The Hall–Kier alpha value is -1.40. The van der Waals surface area contributed by atoms with Crippen LogP contribution in [0.3, 0.4) is 0 Å². The predicted molar refractivity (Wildman–Crippen MR) is 86.3 cm³/mol. The van der Waals surface area contributed by atoms with E-state index < -0.39 is 10.0 Å². The molecule has 6 heteroatoms. The first kappa shape index (κ1) is 17.0. The first-order chi connectivity index (χ1) is 10.5. The van der Waals surface area contributed by atoms with E-state index in [4.69, 9.17) is 0 Å². The first-order valence-electron chi connectivity index (χ1n) is 7.82. The van der Waals surface area contributed by atoms with Gasteiger partial charge in [0.2, 0.25) is 10.0 Å². The number of carbonyl (C=O) groups excluding carboxylic acids is 1. The molecule has 0 saturated carbocycles. The Morgan fingerprint density at radius 1 is 1.23 bits per heavy atom. The topological polar surface area (TPSA) is 57.7 Å². The second-order valence-corrected chi connectivity index (χ2v) is 7.66. The summed E-state index contributed by atoms with van der Waals surface area (Å²) in [5, 5.41) is 0. The van der Waals surface area contributed by atoms with Crippen LogP contribution in [-0.2, 0) is 10.0 Å². The van der Waals surface area contributed by atoms with Crippen LogP contribution in [0.5, 0.6) is 0 Å². The van der Waals surface area contributed by atoms with Gasteiger partial charge in [0.1, 0.15) is 0 Å². The first-order valence-corrected chi connectivity index (χ1v) is 9.26. The average molecular weight is 324 g/mol. The maximum Gasteiger partial charge on any atom is 0.253 e. The van der Waals surface area contributed by atoms with E-state index in [0.29, 0.717) is 25.2 Å². The number of piperidine rings is 1. The monoisotopic (exact) mass is 324 g/mol. The van der Waals surface area contributed by atoms with Gasteiger partial charge in [-0.05, 0) is 37.5 Å². The highest BCUT2D eigenvalue weighted by Gasteiger charge is 2.26. The van der Waals surface area contributed by atoms with Crippen LogP contribution in [0.4, 0.5) is 0 Å². The number of nitrogens with zero attached hydrogens (tertiary/aromatic N) is 2. The summed E-state index contributed by atoms with van der Waals surface area (Å²) in [5.41, 5.74) is 0.425. The van der Waals surface area contributed by atoms with Crippen molar-refractivity contribution in [2.24, 2.45) is 0 Å². The Bertz CT molecular complexity index is 622. The van der Waals surface area contributed by atoms with Gasteiger partial charge in [-0.25, -0.2) is 8.42 Å². The van der Waals surface area contributed by atoms with Crippen molar-refractivity contribution in [3.05, 3.63) is 29.8 Å². The highest BCUT2D eigenvalue weighted by Crippen LogP contribution is 2.21. The van der Waals surface area contributed by atoms with Crippen LogP contribution in [0.1, 0.15) is 43.0 Å². The molecule has 1 aliphatic heterocycles. The molecule has 22 heavy (non-hydrogen) atoms. The molecule has 0 aliphatic carbocycles. The van der Waals surface area contributed by atoms with Gasteiger partial charge in [-0.2, -0.15) is 4.31 Å². The summed E-state index contributed by atoms with van der Waals surface area (Å²) in [7, 11) is -1.76. The third-order valence-electron chi connectivity index (χ3n) is 3.94. The van der Waals surface area contributed by atoms with Crippen LogP contribution in [0.15, 0.2) is 29.2 Å². The van der Waals surface area contributed by atoms with E-state index in [-0.39, 0.29) is 10.8 Å². The van der Waals surface area contributed by atoms with Crippen LogP contribution >= 0.6 is 0 Å². The van der Waals surface area contributed by atoms with Crippen LogP contribution in [0.2, 0.25) is 0 Å². The van der Waals surface area contributed by atoms with Crippen LogP contribution in [-0.4, -0.2) is 50.2 Å². The van der Waals surface area contributed by atoms with E-state index >= 15 is 0 Å². The molecule has 0 N–H and O–H groups in total. The van der Waals surface area contributed by atoms with Gasteiger partial charge in [-0.15, -0.1) is 0 Å². The zero-order chi connectivity index (χ0) is 16.2. The van der Waals surface area contributed by atoms with Crippen LogP contribution < -0.4 is 0 Å². The van der Waals surface area contributed by atoms with E-state index in [2.05, 4.69) is 0 Å². The number of sulfonamides is 1. The normalized spacial score (nSPS) is 16.5. The molecule has 0 radical (unpaired) electrons. The van der Waals surface area contributed by atoms with Crippen LogP contribution in [0.25, 0.3) is 0 Å². The summed E-state index contributed by atoms with van der Waals surface area (Å²) >= 11 is 0. The van der Waals surface area contributed by atoms with Gasteiger partial charge in [0, 0.05) is 32.2 Å². The largest absolute Gasteiger partial charge is 0.342 e. The van der Waals surface area contributed by atoms with Crippen molar-refractivity contribution < 1.29 is 13.2 Å². The molecule has 122 valence electrons. The molecule has 1 aromatic rings. The molecule has 0 aromatic heterocycles. The number of benzene rings is 1. The van der Waals surface area contributed by atoms with E-state index in [1.807, 2.05) is 6.92 Å². The predicted octanol–water partition coefficient (Wildman–Crippen LogP) is 2.34. The summed E-state index contributed by atoms with van der Waals surface area (Å²) < 4.78 is 26.8. The molecule has 0 unspecified atom stereocenters. The minimum atomic E-state index is -3.49. The summed E-state index contributed by atoms with van der Waals surface area (Å²) in [6.45, 7) is 3.79. The molecule has 1 heterocycles. The van der Waals surface area contributed by atoms with Gasteiger partial charge < -0.3 is 4.90 Å². The second kappa shape index (κ2) is 7.24. The van der Waals surface area contributed by atoms with Gasteiger partial charge in [-0.1, -0.05) is 19.4 Å². The van der Waals surface area contributed by atoms with Crippen molar-refractivity contribution in [3.63, 3.8) is 0 Å². The van der Waals surface area contributed by atoms with E-state index in [9.17, 15) is 13.2 Å². The second-order valence-electron chi connectivity index (χ2n) is 5.72. The molecule has 1 amide bonds. The number of hydrogen-bond acceptors (Lipinski definition) is 3. The third-order valence-corrected chi connectivity index (χ3v) is 5.83. The fourth-order valence-electron chi connectivity index (χ4n) is 2.70. The number of amides is 1. The lowest BCUT2D eigenvalue weighted by atomic mass is 10.2. The molecular formula is C16H24N2O3S.